The number of Topliss-reactive ketones (excluding diaryl/α,β-unsaturated/α-hetero) is 1. The Balaban J connectivity index is 1.48. The first-order valence-corrected chi connectivity index (χ1v) is 8.73. The molecule has 3 aromatic rings. The van der Waals surface area contributed by atoms with Gasteiger partial charge in [-0.15, -0.1) is 0 Å². The van der Waals surface area contributed by atoms with Gasteiger partial charge in [0.25, 0.3) is 5.89 Å². The van der Waals surface area contributed by atoms with Crippen LogP contribution in [0.4, 0.5) is 0 Å². The summed E-state index contributed by atoms with van der Waals surface area (Å²) in [6, 6.07) is 14.2. The molecule has 0 spiro atoms. The largest absolute Gasteiger partial charge is 0.456 e. The first kappa shape index (κ1) is 18.8. The summed E-state index contributed by atoms with van der Waals surface area (Å²) < 4.78 is 10.2. The molecule has 138 valence electrons. The quantitative estimate of drug-likeness (QED) is 0.443. The van der Waals surface area contributed by atoms with E-state index < -0.39 is 5.97 Å². The van der Waals surface area contributed by atoms with E-state index in [1.807, 2.05) is 19.1 Å². The fourth-order valence-electron chi connectivity index (χ4n) is 2.37. The standard InChI is InChI=1S/C20H17ClN2O4/c1-13-5-7-14(8-6-13)17(24)9-10-19(25)26-12-18-22-20(23-27-18)15-3-2-4-16(21)11-15/h2-8,11H,9-10,12H2,1H3. The van der Waals surface area contributed by atoms with Crippen molar-refractivity contribution >= 4 is 23.4 Å². The minimum absolute atomic E-state index is 0.0119. The van der Waals surface area contributed by atoms with Crippen molar-refractivity contribution in [2.24, 2.45) is 0 Å². The lowest BCUT2D eigenvalue weighted by Gasteiger charge is -2.02. The molecule has 6 nitrogen and oxygen atoms in total. The zero-order valence-corrected chi connectivity index (χ0v) is 15.4. The number of hydrogen-bond acceptors (Lipinski definition) is 6. The minimum atomic E-state index is -0.502. The van der Waals surface area contributed by atoms with Crippen LogP contribution in [0.5, 0.6) is 0 Å². The third kappa shape index (κ3) is 5.24. The lowest BCUT2D eigenvalue weighted by molar-refractivity contribution is -0.145. The monoisotopic (exact) mass is 384 g/mol. The molecule has 0 N–H and O–H groups in total. The molecule has 0 atom stereocenters. The molecule has 1 heterocycles. The molecule has 0 unspecified atom stereocenters. The Bertz CT molecular complexity index is 951. The third-order valence-electron chi connectivity index (χ3n) is 3.84. The van der Waals surface area contributed by atoms with Gasteiger partial charge >= 0.3 is 5.97 Å². The summed E-state index contributed by atoms with van der Waals surface area (Å²) in [6.45, 7) is 1.80. The molecule has 0 bridgehead atoms. The highest BCUT2D eigenvalue weighted by molar-refractivity contribution is 6.30. The molecule has 0 amide bonds. The lowest BCUT2D eigenvalue weighted by atomic mass is 10.1. The molecule has 7 heteroatoms. The Morgan fingerprint density at radius 3 is 2.63 bits per heavy atom. The number of benzene rings is 2. The topological polar surface area (TPSA) is 82.3 Å². The fourth-order valence-corrected chi connectivity index (χ4v) is 2.56. The summed E-state index contributed by atoms with van der Waals surface area (Å²) in [6.07, 6.45) is 0.0709. The van der Waals surface area contributed by atoms with Gasteiger partial charge < -0.3 is 9.26 Å². The molecule has 3 rings (SSSR count). The molecular weight excluding hydrogens is 368 g/mol. The van der Waals surface area contributed by atoms with Gasteiger partial charge in [-0.1, -0.05) is 58.7 Å². The second kappa shape index (κ2) is 8.60. The van der Waals surface area contributed by atoms with E-state index in [0.29, 0.717) is 22.0 Å². The summed E-state index contributed by atoms with van der Waals surface area (Å²) >= 11 is 5.93. The predicted molar refractivity (Wildman–Crippen MR) is 99.3 cm³/mol. The van der Waals surface area contributed by atoms with E-state index in [9.17, 15) is 9.59 Å². The molecule has 0 radical (unpaired) electrons. The van der Waals surface area contributed by atoms with Crippen LogP contribution >= 0.6 is 11.6 Å². The van der Waals surface area contributed by atoms with Gasteiger partial charge in [-0.05, 0) is 19.1 Å². The van der Waals surface area contributed by atoms with Crippen LogP contribution < -0.4 is 0 Å². The van der Waals surface area contributed by atoms with Crippen LogP contribution in [0, 0.1) is 6.92 Å². The average molecular weight is 385 g/mol. The van der Waals surface area contributed by atoms with Gasteiger partial charge in [0.2, 0.25) is 5.82 Å². The number of carbonyl (C=O) groups excluding carboxylic acids is 2. The van der Waals surface area contributed by atoms with Crippen LogP contribution in [-0.4, -0.2) is 21.9 Å². The van der Waals surface area contributed by atoms with Crippen LogP contribution in [0.15, 0.2) is 53.1 Å². The normalized spacial score (nSPS) is 10.6. The molecule has 0 aliphatic carbocycles. The molecule has 0 aliphatic rings. The Labute approximate surface area is 161 Å². The maximum absolute atomic E-state index is 12.1. The SMILES string of the molecule is Cc1ccc(C(=O)CCC(=O)OCc2nc(-c3cccc(Cl)c3)no2)cc1. The lowest BCUT2D eigenvalue weighted by Crippen LogP contribution is -2.08. The van der Waals surface area contributed by atoms with Crippen LogP contribution in [0.2, 0.25) is 5.02 Å². The van der Waals surface area contributed by atoms with E-state index in [4.69, 9.17) is 20.9 Å². The van der Waals surface area contributed by atoms with Crippen molar-refractivity contribution in [1.82, 2.24) is 10.1 Å². The molecule has 0 aliphatic heterocycles. The molecule has 1 aromatic heterocycles. The van der Waals surface area contributed by atoms with Gasteiger partial charge in [-0.25, -0.2) is 0 Å². The summed E-state index contributed by atoms with van der Waals surface area (Å²) in [5.74, 6) is -0.0766. The zero-order chi connectivity index (χ0) is 19.2. The highest BCUT2D eigenvalue weighted by Gasteiger charge is 2.13. The second-order valence-electron chi connectivity index (χ2n) is 5.97. The number of halogens is 1. The number of nitrogens with zero attached hydrogens (tertiary/aromatic N) is 2. The van der Waals surface area contributed by atoms with Crippen molar-refractivity contribution in [2.45, 2.75) is 26.4 Å². The molecular formula is C20H17ClN2O4. The van der Waals surface area contributed by atoms with Crippen LogP contribution in [0.3, 0.4) is 0 Å². The molecule has 0 saturated heterocycles. The number of aryl methyl sites for hydroxylation is 1. The van der Waals surface area contributed by atoms with Crippen LogP contribution in [-0.2, 0) is 16.1 Å². The van der Waals surface area contributed by atoms with E-state index in [1.165, 1.54) is 0 Å². The number of ether oxygens (including phenoxy) is 1. The Hall–Kier alpha value is -2.99. The molecule has 2 aromatic carbocycles. The molecule has 0 saturated carbocycles. The van der Waals surface area contributed by atoms with Crippen LogP contribution in [0.25, 0.3) is 11.4 Å². The maximum Gasteiger partial charge on any atom is 0.306 e. The fraction of sp³-hybridized carbons (Fsp3) is 0.200. The molecule has 0 fully saturated rings. The van der Waals surface area contributed by atoms with E-state index in [1.54, 1.807) is 36.4 Å². The van der Waals surface area contributed by atoms with Crippen molar-refractivity contribution in [3.8, 4) is 11.4 Å². The highest BCUT2D eigenvalue weighted by Crippen LogP contribution is 2.20. The number of esters is 1. The summed E-state index contributed by atoms with van der Waals surface area (Å²) in [5.41, 5.74) is 2.35. The Kier molecular flexibility index (Phi) is 5.98. The van der Waals surface area contributed by atoms with Gasteiger partial charge in [0.05, 0.1) is 6.42 Å². The smallest absolute Gasteiger partial charge is 0.306 e. The van der Waals surface area contributed by atoms with Crippen molar-refractivity contribution in [3.63, 3.8) is 0 Å². The maximum atomic E-state index is 12.1. The minimum Gasteiger partial charge on any atom is -0.456 e. The highest BCUT2D eigenvalue weighted by atomic mass is 35.5. The van der Waals surface area contributed by atoms with Crippen molar-refractivity contribution in [2.75, 3.05) is 0 Å². The van der Waals surface area contributed by atoms with E-state index >= 15 is 0 Å². The molecule has 27 heavy (non-hydrogen) atoms. The van der Waals surface area contributed by atoms with Gasteiger partial charge in [-0.2, -0.15) is 4.98 Å². The van der Waals surface area contributed by atoms with Crippen molar-refractivity contribution < 1.29 is 18.8 Å². The Morgan fingerprint density at radius 1 is 1.11 bits per heavy atom. The van der Waals surface area contributed by atoms with Gasteiger partial charge in [0, 0.05) is 22.6 Å². The number of carbonyl (C=O) groups is 2. The number of hydrogen-bond donors (Lipinski definition) is 0. The summed E-state index contributed by atoms with van der Waals surface area (Å²) in [4.78, 5) is 28.1. The third-order valence-corrected chi connectivity index (χ3v) is 4.07. The van der Waals surface area contributed by atoms with Gasteiger partial charge in [0.1, 0.15) is 0 Å². The van der Waals surface area contributed by atoms with Crippen molar-refractivity contribution in [3.05, 3.63) is 70.6 Å². The number of aromatic nitrogens is 2. The van der Waals surface area contributed by atoms with E-state index in [-0.39, 0.29) is 31.1 Å². The average Bonchev–Trinajstić information content (AvgIpc) is 3.14. The van der Waals surface area contributed by atoms with Crippen LogP contribution in [0.1, 0.15) is 34.7 Å². The zero-order valence-electron chi connectivity index (χ0n) is 14.6. The van der Waals surface area contributed by atoms with Gasteiger partial charge in [0.15, 0.2) is 12.4 Å². The first-order chi connectivity index (χ1) is 13.0. The van der Waals surface area contributed by atoms with Crippen molar-refractivity contribution in [1.29, 1.82) is 0 Å². The number of ketones is 1. The first-order valence-electron chi connectivity index (χ1n) is 8.35. The Morgan fingerprint density at radius 2 is 1.89 bits per heavy atom. The number of rotatable bonds is 7. The van der Waals surface area contributed by atoms with Gasteiger partial charge in [-0.3, -0.25) is 9.59 Å². The second-order valence-corrected chi connectivity index (χ2v) is 6.41. The summed E-state index contributed by atoms with van der Waals surface area (Å²) in [5, 5.41) is 4.40. The predicted octanol–water partition coefficient (Wildman–Crippen LogP) is 4.40. The van der Waals surface area contributed by atoms with E-state index in [0.717, 1.165) is 5.56 Å². The summed E-state index contributed by atoms with van der Waals surface area (Å²) in [7, 11) is 0. The van der Waals surface area contributed by atoms with E-state index in [2.05, 4.69) is 10.1 Å².